The fraction of sp³-hybridized carbons (Fsp3) is 0.407. The van der Waals surface area contributed by atoms with Crippen molar-refractivity contribution in [1.82, 2.24) is 5.32 Å². The van der Waals surface area contributed by atoms with Crippen LogP contribution in [0.25, 0.3) is 0 Å². The van der Waals surface area contributed by atoms with Gasteiger partial charge in [-0.3, -0.25) is 14.4 Å². The number of amides is 3. The summed E-state index contributed by atoms with van der Waals surface area (Å²) in [5.74, 6) is -5.76. The fourth-order valence-electron chi connectivity index (χ4n) is 4.84. The number of nitrogens with one attached hydrogen (secondary N) is 2. The number of benzene rings is 2. The Kier molecular flexibility index (Phi) is 8.09. The maximum absolute atomic E-state index is 14.8. The number of fused-ring (bicyclic) bond motifs is 1. The van der Waals surface area contributed by atoms with E-state index in [-0.39, 0.29) is 30.3 Å². The molecule has 1 aliphatic carbocycles. The average Bonchev–Trinajstić information content (AvgIpc) is 3.71. The highest BCUT2D eigenvalue weighted by molar-refractivity contribution is 6.03. The van der Waals surface area contributed by atoms with E-state index in [1.165, 1.54) is 17.0 Å². The van der Waals surface area contributed by atoms with Crippen molar-refractivity contribution in [3.63, 3.8) is 0 Å². The van der Waals surface area contributed by atoms with Crippen molar-refractivity contribution in [2.75, 3.05) is 16.8 Å². The van der Waals surface area contributed by atoms with Gasteiger partial charge in [0.15, 0.2) is 0 Å². The van der Waals surface area contributed by atoms with Gasteiger partial charge in [-0.25, -0.2) is 4.39 Å². The lowest BCUT2D eigenvalue weighted by atomic mass is 9.83. The molecule has 2 aromatic carbocycles. The van der Waals surface area contributed by atoms with Crippen molar-refractivity contribution >= 4 is 34.8 Å². The minimum Gasteiger partial charge on any atom is -0.369 e. The van der Waals surface area contributed by atoms with Gasteiger partial charge in [0.25, 0.3) is 0 Å². The summed E-state index contributed by atoms with van der Waals surface area (Å²) in [5.41, 5.74) is 6.35. The first-order chi connectivity index (χ1) is 18.5. The molecule has 39 heavy (non-hydrogen) atoms. The van der Waals surface area contributed by atoms with Crippen LogP contribution < -0.4 is 21.3 Å². The monoisotopic (exact) mass is 545 g/mol. The highest BCUT2D eigenvalue weighted by Crippen LogP contribution is 2.40. The van der Waals surface area contributed by atoms with Crippen LogP contribution in [0.4, 0.5) is 34.6 Å². The zero-order chi connectivity index (χ0) is 28.3. The van der Waals surface area contributed by atoms with Gasteiger partial charge in [0.2, 0.25) is 17.7 Å². The molecule has 0 aromatic heterocycles. The molecule has 4 N–H and O–H groups in total. The minimum atomic E-state index is -4.57. The van der Waals surface area contributed by atoms with E-state index >= 15 is 0 Å². The van der Waals surface area contributed by atoms with Crippen LogP contribution in [0.2, 0.25) is 0 Å². The highest BCUT2D eigenvalue weighted by Gasteiger charge is 2.41. The number of rotatable bonds is 9. The Hall–Kier alpha value is -4.14. The van der Waals surface area contributed by atoms with Gasteiger partial charge in [-0.15, -0.1) is 0 Å². The lowest BCUT2D eigenvalue weighted by Crippen LogP contribution is -2.52. The van der Waals surface area contributed by atoms with Gasteiger partial charge in [0, 0.05) is 23.9 Å². The molecular weight excluding hydrogens is 518 g/mol. The van der Waals surface area contributed by atoms with Crippen molar-refractivity contribution in [1.29, 1.82) is 5.26 Å². The Balaban J connectivity index is 1.65. The maximum Gasteiger partial charge on any atom is 0.389 e. The van der Waals surface area contributed by atoms with E-state index in [1.807, 2.05) is 6.07 Å². The van der Waals surface area contributed by atoms with E-state index in [2.05, 4.69) is 10.6 Å². The molecule has 3 atom stereocenters. The normalized spacial score (nSPS) is 18.7. The van der Waals surface area contributed by atoms with Gasteiger partial charge >= 0.3 is 6.18 Å². The Morgan fingerprint density at radius 2 is 1.90 bits per heavy atom. The molecule has 1 saturated carbocycles. The van der Waals surface area contributed by atoms with Crippen molar-refractivity contribution < 1.29 is 31.9 Å². The molecule has 1 heterocycles. The first-order valence-electron chi connectivity index (χ1n) is 12.5. The Morgan fingerprint density at radius 3 is 2.54 bits per heavy atom. The lowest BCUT2D eigenvalue weighted by Gasteiger charge is -2.29. The summed E-state index contributed by atoms with van der Waals surface area (Å²) in [5, 5.41) is 14.3. The largest absolute Gasteiger partial charge is 0.389 e. The van der Waals surface area contributed by atoms with Crippen LogP contribution in [0.1, 0.15) is 37.7 Å². The molecule has 1 aliphatic heterocycles. The van der Waals surface area contributed by atoms with Gasteiger partial charge in [0.1, 0.15) is 17.5 Å². The number of carbonyl (C=O) groups excluding carboxylic acids is 3. The number of hydrogen-bond donors (Lipinski definition) is 3. The third-order valence-corrected chi connectivity index (χ3v) is 7.03. The summed E-state index contributed by atoms with van der Waals surface area (Å²) < 4.78 is 54.1. The van der Waals surface area contributed by atoms with Crippen LogP contribution in [-0.2, 0) is 14.4 Å². The standard InChI is InChI=1S/C27H27F4N5O3/c28-20-5-2-6-22-23(20)35-26(39)21(14-36(22)17-4-1-3-16(11-17)13-32)34-25(38)18(9-10-27(29,30)31)19(24(33)37)12-15-7-8-15/h1-6,11,15,18-19,21H,7-10,12,14H2,(H2,33,37)(H,34,38)(H,35,39)/t18-,19+,21+/m1/s1. The average molecular weight is 546 g/mol. The molecule has 3 amide bonds. The Morgan fingerprint density at radius 1 is 1.18 bits per heavy atom. The summed E-state index contributed by atoms with van der Waals surface area (Å²) in [6, 6.07) is 11.1. The Bertz CT molecular complexity index is 1310. The van der Waals surface area contributed by atoms with Gasteiger partial charge in [-0.05, 0) is 49.1 Å². The van der Waals surface area contributed by atoms with E-state index in [0.29, 0.717) is 11.3 Å². The first-order valence-corrected chi connectivity index (χ1v) is 12.5. The smallest absolute Gasteiger partial charge is 0.369 e. The maximum atomic E-state index is 14.8. The molecule has 1 fully saturated rings. The predicted octanol–water partition coefficient (Wildman–Crippen LogP) is 4.13. The molecule has 0 spiro atoms. The number of anilines is 3. The fourth-order valence-corrected chi connectivity index (χ4v) is 4.84. The summed E-state index contributed by atoms with van der Waals surface area (Å²) >= 11 is 0. The third kappa shape index (κ3) is 6.85. The zero-order valence-corrected chi connectivity index (χ0v) is 20.8. The molecule has 0 bridgehead atoms. The summed E-state index contributed by atoms with van der Waals surface area (Å²) in [7, 11) is 0. The van der Waals surface area contributed by atoms with E-state index in [4.69, 9.17) is 5.73 Å². The highest BCUT2D eigenvalue weighted by atomic mass is 19.4. The van der Waals surface area contributed by atoms with E-state index in [1.54, 1.807) is 24.3 Å². The number of alkyl halides is 3. The third-order valence-electron chi connectivity index (χ3n) is 7.03. The van der Waals surface area contributed by atoms with Gasteiger partial charge < -0.3 is 21.3 Å². The second-order valence-electron chi connectivity index (χ2n) is 9.91. The van der Waals surface area contributed by atoms with E-state index in [9.17, 15) is 37.2 Å². The minimum absolute atomic E-state index is 0.102. The molecule has 0 saturated heterocycles. The Labute approximate surface area is 222 Å². The van der Waals surface area contributed by atoms with Crippen molar-refractivity contribution in [3.05, 3.63) is 53.8 Å². The van der Waals surface area contributed by atoms with E-state index in [0.717, 1.165) is 18.9 Å². The van der Waals surface area contributed by atoms with Crippen LogP contribution >= 0.6 is 0 Å². The molecule has 206 valence electrons. The van der Waals surface area contributed by atoms with Crippen molar-refractivity contribution in [2.24, 2.45) is 23.5 Å². The zero-order valence-electron chi connectivity index (χ0n) is 20.8. The second kappa shape index (κ2) is 11.3. The number of carbonyl (C=O) groups is 3. The van der Waals surface area contributed by atoms with Crippen molar-refractivity contribution in [2.45, 2.75) is 44.3 Å². The van der Waals surface area contributed by atoms with Gasteiger partial charge in [-0.1, -0.05) is 25.0 Å². The first kappa shape index (κ1) is 27.9. The number of hydrogen-bond acceptors (Lipinski definition) is 5. The number of nitrogens with two attached hydrogens (primary N) is 1. The molecule has 12 heteroatoms. The van der Waals surface area contributed by atoms with Crippen LogP contribution in [0.15, 0.2) is 42.5 Å². The molecule has 4 rings (SSSR count). The summed E-state index contributed by atoms with van der Waals surface area (Å²) in [6.07, 6.45) is -4.77. The van der Waals surface area contributed by atoms with Crippen LogP contribution in [0.5, 0.6) is 0 Å². The lowest BCUT2D eigenvalue weighted by molar-refractivity contribution is -0.146. The topological polar surface area (TPSA) is 128 Å². The number of para-hydroxylation sites is 1. The second-order valence-corrected chi connectivity index (χ2v) is 9.91. The molecule has 0 unspecified atom stereocenters. The SMILES string of the molecule is N#Cc1cccc(N2C[C@H](NC(=O)[C@H](CCC(F)(F)F)[C@H](CC3CC3)C(N)=O)C(=O)Nc3c(F)cccc32)c1. The molecule has 8 nitrogen and oxygen atoms in total. The molecule has 0 radical (unpaired) electrons. The van der Waals surface area contributed by atoms with Crippen LogP contribution in [0, 0.1) is 34.9 Å². The summed E-state index contributed by atoms with van der Waals surface area (Å²) in [4.78, 5) is 40.3. The number of halogens is 4. The number of primary amides is 1. The van der Waals surface area contributed by atoms with Gasteiger partial charge in [0.05, 0.1) is 23.9 Å². The van der Waals surface area contributed by atoms with Gasteiger partial charge in [-0.2, -0.15) is 18.4 Å². The number of nitriles is 1. The van der Waals surface area contributed by atoms with E-state index < -0.39 is 60.4 Å². The van der Waals surface area contributed by atoms with Crippen LogP contribution in [0.3, 0.4) is 0 Å². The summed E-state index contributed by atoms with van der Waals surface area (Å²) in [6.45, 7) is -0.223. The predicted molar refractivity (Wildman–Crippen MR) is 134 cm³/mol. The van der Waals surface area contributed by atoms with Crippen molar-refractivity contribution in [3.8, 4) is 6.07 Å². The molecular formula is C27H27F4N5O3. The number of nitrogens with zero attached hydrogens (tertiary/aromatic N) is 2. The van der Waals surface area contributed by atoms with Crippen LogP contribution in [-0.4, -0.2) is 36.5 Å². The molecule has 2 aliphatic rings. The quantitative estimate of drug-likeness (QED) is 0.408. The molecule has 2 aromatic rings.